The van der Waals surface area contributed by atoms with Crippen LogP contribution in [0.4, 0.5) is 5.69 Å². The van der Waals surface area contributed by atoms with Crippen LogP contribution < -0.4 is 0 Å². The van der Waals surface area contributed by atoms with Crippen LogP contribution in [0.5, 0.6) is 0 Å². The molecule has 120 valence electrons. The first kappa shape index (κ1) is 17.6. The lowest BCUT2D eigenvalue weighted by atomic mass is 9.79. The van der Waals surface area contributed by atoms with Gasteiger partial charge in [0, 0.05) is 12.1 Å². The number of ether oxygens (including phenoxy) is 2. The van der Waals surface area contributed by atoms with Gasteiger partial charge in [0.2, 0.25) is 0 Å². The Labute approximate surface area is 128 Å². The molecule has 1 unspecified atom stereocenters. The average Bonchev–Trinajstić information content (AvgIpc) is 2.47. The number of benzene rings is 1. The number of hydrogen-bond donors (Lipinski definition) is 0. The summed E-state index contributed by atoms with van der Waals surface area (Å²) in [6.45, 7) is 5.27. The third-order valence-electron chi connectivity index (χ3n) is 3.24. The maximum absolute atomic E-state index is 12.3. The van der Waals surface area contributed by atoms with Gasteiger partial charge in [-0.3, -0.25) is 19.7 Å². The Morgan fingerprint density at radius 2 is 1.68 bits per heavy atom. The Bertz CT molecular complexity index is 554. The lowest BCUT2D eigenvalue weighted by molar-refractivity contribution is -0.384. The van der Waals surface area contributed by atoms with E-state index in [0.29, 0.717) is 5.56 Å². The third kappa shape index (κ3) is 4.03. The number of esters is 2. The molecule has 0 aliphatic heterocycles. The van der Waals surface area contributed by atoms with E-state index < -0.39 is 22.3 Å². The molecule has 0 aliphatic rings. The number of nitro groups is 1. The molecule has 0 aromatic heterocycles. The van der Waals surface area contributed by atoms with Crippen LogP contribution in [-0.4, -0.2) is 30.1 Å². The van der Waals surface area contributed by atoms with Crippen LogP contribution in [0.15, 0.2) is 24.3 Å². The molecule has 0 spiro atoms. The largest absolute Gasteiger partial charge is 0.466 e. The summed E-state index contributed by atoms with van der Waals surface area (Å²) in [6.07, 6.45) is -0.197. The van der Waals surface area contributed by atoms with Crippen molar-refractivity contribution in [1.82, 2.24) is 0 Å². The van der Waals surface area contributed by atoms with Crippen molar-refractivity contribution in [3.05, 3.63) is 39.9 Å². The molecule has 1 rings (SSSR count). The normalized spacial score (nSPS) is 13.0. The predicted molar refractivity (Wildman–Crippen MR) is 78.3 cm³/mol. The highest BCUT2D eigenvalue weighted by Crippen LogP contribution is 2.31. The lowest BCUT2D eigenvalue weighted by Crippen LogP contribution is -2.37. The van der Waals surface area contributed by atoms with Gasteiger partial charge in [0.05, 0.1) is 24.6 Å². The van der Waals surface area contributed by atoms with Crippen LogP contribution in [0.2, 0.25) is 0 Å². The molecule has 7 nitrogen and oxygen atoms in total. The molecule has 0 heterocycles. The van der Waals surface area contributed by atoms with Gasteiger partial charge in [-0.05, 0) is 26.3 Å². The molecule has 0 amide bonds. The van der Waals surface area contributed by atoms with Gasteiger partial charge >= 0.3 is 11.9 Å². The van der Waals surface area contributed by atoms with E-state index in [9.17, 15) is 19.7 Å². The summed E-state index contributed by atoms with van der Waals surface area (Å²) >= 11 is 0. The number of hydrogen-bond acceptors (Lipinski definition) is 6. The van der Waals surface area contributed by atoms with Gasteiger partial charge in [-0.2, -0.15) is 0 Å². The SMILES string of the molecule is CCOC(=O)CC(C)(C(=O)OCC)c1ccc([N+](=O)[O-])cc1. The fourth-order valence-electron chi connectivity index (χ4n) is 2.03. The van der Waals surface area contributed by atoms with Gasteiger partial charge in [-0.1, -0.05) is 12.1 Å². The number of rotatable bonds is 7. The van der Waals surface area contributed by atoms with E-state index in [1.54, 1.807) is 20.8 Å². The molecule has 1 aromatic rings. The summed E-state index contributed by atoms with van der Waals surface area (Å²) in [7, 11) is 0. The van der Waals surface area contributed by atoms with Crippen LogP contribution in [-0.2, 0) is 24.5 Å². The van der Waals surface area contributed by atoms with Crippen molar-refractivity contribution in [3.8, 4) is 0 Å². The third-order valence-corrected chi connectivity index (χ3v) is 3.24. The van der Waals surface area contributed by atoms with E-state index >= 15 is 0 Å². The summed E-state index contributed by atoms with van der Waals surface area (Å²) in [6, 6.07) is 5.48. The number of carbonyl (C=O) groups is 2. The molecule has 1 aromatic carbocycles. The van der Waals surface area contributed by atoms with E-state index in [0.717, 1.165) is 0 Å². The topological polar surface area (TPSA) is 95.7 Å². The Hall–Kier alpha value is -2.44. The Morgan fingerprint density at radius 1 is 1.14 bits per heavy atom. The zero-order valence-corrected chi connectivity index (χ0v) is 12.8. The van der Waals surface area contributed by atoms with E-state index in [1.165, 1.54) is 24.3 Å². The monoisotopic (exact) mass is 309 g/mol. The predicted octanol–water partition coefficient (Wildman–Crippen LogP) is 2.37. The first-order chi connectivity index (χ1) is 10.3. The van der Waals surface area contributed by atoms with E-state index in [2.05, 4.69) is 0 Å². The van der Waals surface area contributed by atoms with Crippen LogP contribution in [0.25, 0.3) is 0 Å². The minimum Gasteiger partial charge on any atom is -0.466 e. The second-order valence-electron chi connectivity index (χ2n) is 4.84. The van der Waals surface area contributed by atoms with Gasteiger partial charge in [-0.15, -0.1) is 0 Å². The molecule has 0 saturated carbocycles. The van der Waals surface area contributed by atoms with Crippen LogP contribution in [0.1, 0.15) is 32.8 Å². The minimum atomic E-state index is -1.25. The number of nitro benzene ring substituents is 1. The van der Waals surface area contributed by atoms with Gasteiger partial charge in [-0.25, -0.2) is 0 Å². The standard InChI is InChI=1S/C15H19NO6/c1-4-21-13(17)10-15(3,14(18)22-5-2)11-6-8-12(9-7-11)16(19)20/h6-9H,4-5,10H2,1-3H3. The Morgan fingerprint density at radius 3 is 2.14 bits per heavy atom. The fourth-order valence-corrected chi connectivity index (χ4v) is 2.03. The molecule has 0 N–H and O–H groups in total. The lowest BCUT2D eigenvalue weighted by Gasteiger charge is -2.26. The summed E-state index contributed by atoms with van der Waals surface area (Å²) in [5.41, 5.74) is -0.882. The van der Waals surface area contributed by atoms with Gasteiger partial charge < -0.3 is 9.47 Å². The number of carbonyl (C=O) groups excluding carboxylic acids is 2. The zero-order chi connectivity index (χ0) is 16.8. The van der Waals surface area contributed by atoms with Gasteiger partial charge in [0.1, 0.15) is 5.41 Å². The van der Waals surface area contributed by atoms with E-state index in [-0.39, 0.29) is 25.3 Å². The van der Waals surface area contributed by atoms with E-state index in [1.807, 2.05) is 0 Å². The van der Waals surface area contributed by atoms with Crippen molar-refractivity contribution in [2.45, 2.75) is 32.6 Å². The molecule has 0 saturated heterocycles. The van der Waals surface area contributed by atoms with Crippen LogP contribution in [0, 0.1) is 10.1 Å². The molecular weight excluding hydrogens is 290 g/mol. The summed E-state index contributed by atoms with van der Waals surface area (Å²) in [5, 5.41) is 10.7. The summed E-state index contributed by atoms with van der Waals surface area (Å²) < 4.78 is 9.93. The minimum absolute atomic E-state index is 0.0916. The molecule has 0 fully saturated rings. The first-order valence-electron chi connectivity index (χ1n) is 6.93. The van der Waals surface area contributed by atoms with Crippen molar-refractivity contribution in [3.63, 3.8) is 0 Å². The van der Waals surface area contributed by atoms with Gasteiger partial charge in [0.25, 0.3) is 5.69 Å². The second-order valence-corrected chi connectivity index (χ2v) is 4.84. The average molecular weight is 309 g/mol. The summed E-state index contributed by atoms with van der Waals surface area (Å²) in [4.78, 5) is 34.2. The molecule has 0 radical (unpaired) electrons. The Balaban J connectivity index is 3.15. The Kier molecular flexibility index (Phi) is 6.03. The highest BCUT2D eigenvalue weighted by atomic mass is 16.6. The maximum Gasteiger partial charge on any atom is 0.316 e. The van der Waals surface area contributed by atoms with Crippen LogP contribution >= 0.6 is 0 Å². The van der Waals surface area contributed by atoms with Crippen molar-refractivity contribution in [2.24, 2.45) is 0 Å². The van der Waals surface area contributed by atoms with Crippen molar-refractivity contribution in [2.75, 3.05) is 13.2 Å². The molecular formula is C15H19NO6. The molecule has 1 atom stereocenters. The smallest absolute Gasteiger partial charge is 0.316 e. The first-order valence-corrected chi connectivity index (χ1v) is 6.93. The van der Waals surface area contributed by atoms with Crippen molar-refractivity contribution < 1.29 is 24.0 Å². The fraction of sp³-hybridized carbons (Fsp3) is 0.467. The maximum atomic E-state index is 12.3. The highest BCUT2D eigenvalue weighted by molar-refractivity contribution is 5.88. The van der Waals surface area contributed by atoms with Crippen LogP contribution in [0.3, 0.4) is 0 Å². The highest BCUT2D eigenvalue weighted by Gasteiger charge is 2.39. The molecule has 0 bridgehead atoms. The van der Waals surface area contributed by atoms with Crippen molar-refractivity contribution in [1.29, 1.82) is 0 Å². The molecule has 7 heteroatoms. The van der Waals surface area contributed by atoms with Gasteiger partial charge in [0.15, 0.2) is 0 Å². The van der Waals surface area contributed by atoms with E-state index in [4.69, 9.17) is 9.47 Å². The number of nitrogens with zero attached hydrogens (tertiary/aromatic N) is 1. The molecule has 0 aliphatic carbocycles. The number of non-ortho nitro benzene ring substituents is 1. The second kappa shape index (κ2) is 7.53. The van der Waals surface area contributed by atoms with Crippen molar-refractivity contribution >= 4 is 17.6 Å². The zero-order valence-electron chi connectivity index (χ0n) is 12.8. The summed E-state index contributed by atoms with van der Waals surface area (Å²) in [5.74, 6) is -1.10. The quantitative estimate of drug-likeness (QED) is 0.436. The molecule has 22 heavy (non-hydrogen) atoms.